The summed E-state index contributed by atoms with van der Waals surface area (Å²) < 4.78 is 42.4. The summed E-state index contributed by atoms with van der Waals surface area (Å²) in [6.07, 6.45) is 1.14. The molecule has 0 atom stereocenters. The van der Waals surface area contributed by atoms with Crippen molar-refractivity contribution in [2.75, 3.05) is 5.32 Å². The first-order valence-corrected chi connectivity index (χ1v) is 8.57. The SMILES string of the molecule is O=C(Cn1cnc2c(sc3cccc(F)c32)c1=O)Nc1ccc(F)cc1F. The third kappa shape index (κ3) is 3.06. The largest absolute Gasteiger partial charge is 0.322 e. The monoisotopic (exact) mass is 389 g/mol. The minimum Gasteiger partial charge on any atom is -0.322 e. The number of carbonyl (C=O) groups is 1. The maximum atomic E-state index is 14.0. The van der Waals surface area contributed by atoms with Gasteiger partial charge in [0.2, 0.25) is 5.91 Å². The van der Waals surface area contributed by atoms with Crippen LogP contribution in [0, 0.1) is 17.5 Å². The van der Waals surface area contributed by atoms with Crippen molar-refractivity contribution in [1.29, 1.82) is 0 Å². The molecular formula is C18H10F3N3O2S. The lowest BCUT2D eigenvalue weighted by molar-refractivity contribution is -0.116. The fraction of sp³-hybridized carbons (Fsp3) is 0.0556. The van der Waals surface area contributed by atoms with Gasteiger partial charge in [0.15, 0.2) is 0 Å². The summed E-state index contributed by atoms with van der Waals surface area (Å²) in [6, 6.07) is 7.23. The van der Waals surface area contributed by atoms with Gasteiger partial charge < -0.3 is 5.32 Å². The first-order chi connectivity index (χ1) is 12.9. The summed E-state index contributed by atoms with van der Waals surface area (Å²) in [4.78, 5) is 28.8. The Balaban J connectivity index is 1.67. The molecule has 0 bridgehead atoms. The molecule has 0 unspecified atom stereocenters. The van der Waals surface area contributed by atoms with Gasteiger partial charge in [0.1, 0.15) is 28.7 Å². The predicted octanol–water partition coefficient (Wildman–Crippen LogP) is 3.67. The minimum atomic E-state index is -0.927. The highest BCUT2D eigenvalue weighted by Gasteiger charge is 2.16. The number of anilines is 1. The quantitative estimate of drug-likeness (QED) is 0.582. The Bertz CT molecular complexity index is 1270. The number of nitrogens with zero attached hydrogens (tertiary/aromatic N) is 2. The number of carbonyl (C=O) groups excluding carboxylic acids is 1. The Kier molecular flexibility index (Phi) is 4.15. The lowest BCUT2D eigenvalue weighted by atomic mass is 10.2. The van der Waals surface area contributed by atoms with Crippen LogP contribution in [0.1, 0.15) is 0 Å². The van der Waals surface area contributed by atoms with Crippen LogP contribution in [0.25, 0.3) is 20.3 Å². The molecule has 0 saturated carbocycles. The van der Waals surface area contributed by atoms with Crippen LogP contribution >= 0.6 is 11.3 Å². The molecule has 0 saturated heterocycles. The van der Waals surface area contributed by atoms with E-state index in [4.69, 9.17) is 0 Å². The van der Waals surface area contributed by atoms with Gasteiger partial charge in [0, 0.05) is 10.8 Å². The third-order valence-corrected chi connectivity index (χ3v) is 5.07. The van der Waals surface area contributed by atoms with Crippen molar-refractivity contribution >= 4 is 43.2 Å². The van der Waals surface area contributed by atoms with E-state index in [1.807, 2.05) is 0 Å². The molecule has 4 rings (SSSR count). The molecule has 1 amide bonds. The second-order valence-corrected chi connectivity index (χ2v) is 6.79. The van der Waals surface area contributed by atoms with E-state index in [1.54, 1.807) is 6.07 Å². The Hall–Kier alpha value is -3.20. The van der Waals surface area contributed by atoms with Gasteiger partial charge in [-0.05, 0) is 24.3 Å². The van der Waals surface area contributed by atoms with E-state index in [0.717, 1.165) is 34.4 Å². The predicted molar refractivity (Wildman–Crippen MR) is 96.3 cm³/mol. The van der Waals surface area contributed by atoms with Crippen LogP contribution in [0.5, 0.6) is 0 Å². The first-order valence-electron chi connectivity index (χ1n) is 7.75. The zero-order valence-corrected chi connectivity index (χ0v) is 14.3. The molecule has 0 radical (unpaired) electrons. The summed E-state index contributed by atoms with van der Waals surface area (Å²) in [5, 5.41) is 2.54. The summed E-state index contributed by atoms with van der Waals surface area (Å²) in [5.41, 5.74) is -0.470. The van der Waals surface area contributed by atoms with Crippen molar-refractivity contribution in [2.45, 2.75) is 6.54 Å². The lowest BCUT2D eigenvalue weighted by Gasteiger charge is -2.08. The molecule has 0 fully saturated rings. The smallest absolute Gasteiger partial charge is 0.271 e. The highest BCUT2D eigenvalue weighted by molar-refractivity contribution is 7.25. The first kappa shape index (κ1) is 17.2. The van der Waals surface area contributed by atoms with E-state index in [9.17, 15) is 22.8 Å². The topological polar surface area (TPSA) is 64.0 Å². The number of rotatable bonds is 3. The van der Waals surface area contributed by atoms with Crippen LogP contribution in [0.4, 0.5) is 18.9 Å². The van der Waals surface area contributed by atoms with E-state index in [0.29, 0.717) is 10.8 Å². The van der Waals surface area contributed by atoms with Crippen LogP contribution in [0.2, 0.25) is 0 Å². The second-order valence-electron chi connectivity index (χ2n) is 5.74. The molecule has 0 aliphatic heterocycles. The Labute approximate surface area is 153 Å². The number of hydrogen-bond donors (Lipinski definition) is 1. The van der Waals surface area contributed by atoms with E-state index >= 15 is 0 Å². The molecule has 136 valence electrons. The van der Waals surface area contributed by atoms with Crippen LogP contribution in [0.15, 0.2) is 47.5 Å². The van der Waals surface area contributed by atoms with E-state index in [1.165, 1.54) is 12.1 Å². The average Bonchev–Trinajstić information content (AvgIpc) is 3.01. The molecule has 4 aromatic rings. The van der Waals surface area contributed by atoms with Gasteiger partial charge in [-0.15, -0.1) is 11.3 Å². The number of hydrogen-bond acceptors (Lipinski definition) is 4. The Morgan fingerprint density at radius 1 is 1.15 bits per heavy atom. The number of fused-ring (bicyclic) bond motifs is 3. The molecule has 27 heavy (non-hydrogen) atoms. The average molecular weight is 389 g/mol. The third-order valence-electron chi connectivity index (χ3n) is 3.94. The van der Waals surface area contributed by atoms with E-state index < -0.39 is 35.5 Å². The number of thiophene rings is 1. The van der Waals surface area contributed by atoms with Crippen LogP contribution in [0.3, 0.4) is 0 Å². The molecule has 0 aliphatic rings. The minimum absolute atomic E-state index is 0.201. The van der Waals surface area contributed by atoms with Crippen molar-refractivity contribution in [3.8, 4) is 0 Å². The molecule has 0 aliphatic carbocycles. The molecule has 0 spiro atoms. The summed E-state index contributed by atoms with van der Waals surface area (Å²) >= 11 is 1.08. The Morgan fingerprint density at radius 2 is 1.96 bits per heavy atom. The number of benzene rings is 2. The standard InChI is InChI=1S/C18H10F3N3O2S/c19-9-4-5-12(11(21)6-9)23-14(25)7-24-8-22-16-15-10(20)2-1-3-13(15)27-17(16)18(24)26/h1-6,8H,7H2,(H,23,25). The van der Waals surface area contributed by atoms with E-state index in [-0.39, 0.29) is 21.3 Å². The van der Waals surface area contributed by atoms with Gasteiger partial charge in [-0.3, -0.25) is 14.2 Å². The highest BCUT2D eigenvalue weighted by atomic mass is 32.1. The van der Waals surface area contributed by atoms with Crippen LogP contribution in [-0.2, 0) is 11.3 Å². The second kappa shape index (κ2) is 6.51. The fourth-order valence-corrected chi connectivity index (χ4v) is 3.84. The highest BCUT2D eigenvalue weighted by Crippen LogP contribution is 2.31. The van der Waals surface area contributed by atoms with Gasteiger partial charge in [-0.1, -0.05) is 6.07 Å². The number of nitrogens with one attached hydrogen (secondary N) is 1. The van der Waals surface area contributed by atoms with Crippen molar-refractivity contribution in [3.05, 3.63) is 70.5 Å². The van der Waals surface area contributed by atoms with Crippen molar-refractivity contribution < 1.29 is 18.0 Å². The summed E-state index contributed by atoms with van der Waals surface area (Å²) in [6.45, 7) is -0.421. The van der Waals surface area contributed by atoms with Crippen molar-refractivity contribution in [2.24, 2.45) is 0 Å². The molecule has 5 nitrogen and oxygen atoms in total. The maximum Gasteiger partial charge on any atom is 0.271 e. The maximum absolute atomic E-state index is 14.0. The lowest BCUT2D eigenvalue weighted by Crippen LogP contribution is -2.27. The fourth-order valence-electron chi connectivity index (χ4n) is 2.72. The normalized spacial score (nSPS) is 11.2. The van der Waals surface area contributed by atoms with Gasteiger partial charge in [-0.2, -0.15) is 0 Å². The van der Waals surface area contributed by atoms with Crippen molar-refractivity contribution in [1.82, 2.24) is 9.55 Å². The molecule has 1 N–H and O–H groups in total. The number of aromatic nitrogens is 2. The summed E-state index contributed by atoms with van der Waals surface area (Å²) in [7, 11) is 0. The van der Waals surface area contributed by atoms with E-state index in [2.05, 4.69) is 10.3 Å². The molecule has 9 heteroatoms. The van der Waals surface area contributed by atoms with Gasteiger partial charge in [-0.25, -0.2) is 18.2 Å². The molecule has 2 heterocycles. The molecule has 2 aromatic carbocycles. The van der Waals surface area contributed by atoms with Gasteiger partial charge >= 0.3 is 0 Å². The Morgan fingerprint density at radius 3 is 2.74 bits per heavy atom. The zero-order valence-electron chi connectivity index (χ0n) is 13.5. The summed E-state index contributed by atoms with van der Waals surface area (Å²) in [5.74, 6) is -2.86. The molecule has 2 aromatic heterocycles. The van der Waals surface area contributed by atoms with Crippen molar-refractivity contribution in [3.63, 3.8) is 0 Å². The zero-order chi connectivity index (χ0) is 19.1. The van der Waals surface area contributed by atoms with Gasteiger partial charge in [0.05, 0.1) is 22.9 Å². The number of amides is 1. The van der Waals surface area contributed by atoms with Gasteiger partial charge in [0.25, 0.3) is 5.56 Å². The molecular weight excluding hydrogens is 379 g/mol. The number of halogens is 3. The van der Waals surface area contributed by atoms with Crippen LogP contribution < -0.4 is 10.9 Å². The van der Waals surface area contributed by atoms with Crippen LogP contribution in [-0.4, -0.2) is 15.5 Å².